The first kappa shape index (κ1) is 25.2. The zero-order valence-electron chi connectivity index (χ0n) is 22.4. The van der Waals surface area contributed by atoms with Crippen LogP contribution in [0.1, 0.15) is 5.56 Å². The van der Waals surface area contributed by atoms with Gasteiger partial charge >= 0.3 is 0 Å². The Balaban J connectivity index is 0.00000278. The predicted octanol–water partition coefficient (Wildman–Crippen LogP) is 7.51. The number of nitrogens with zero attached hydrogens (tertiary/aromatic N) is 6. The maximum Gasteiger partial charge on any atom is 0.164 e. The molecule has 9 heteroatoms. The molecule has 5 heterocycles. The summed E-state index contributed by atoms with van der Waals surface area (Å²) in [6, 6.07) is 30.2. The van der Waals surface area contributed by atoms with Crippen molar-refractivity contribution < 1.29 is 17.1 Å². The molecular weight excluding hydrogens is 584 g/mol. The first-order chi connectivity index (χ1) is 20.7. The van der Waals surface area contributed by atoms with Crippen LogP contribution in [0.5, 0.6) is 0 Å². The maximum atomic E-state index is 5.08. The minimum atomic E-state index is 0. The van der Waals surface area contributed by atoms with Gasteiger partial charge in [0, 0.05) is 60.9 Å². The monoisotopic (exact) mass is 603 g/mol. The van der Waals surface area contributed by atoms with E-state index in [4.69, 9.17) is 29.9 Å². The molecule has 0 amide bonds. The second-order valence-electron chi connectivity index (χ2n) is 10.2. The van der Waals surface area contributed by atoms with Gasteiger partial charge in [0.05, 0.1) is 0 Å². The molecule has 43 heavy (non-hydrogen) atoms. The molecule has 8 bridgehead atoms. The molecule has 8 nitrogen and oxygen atoms in total. The van der Waals surface area contributed by atoms with Crippen LogP contribution < -0.4 is 0 Å². The normalized spacial score (nSPS) is 11.6. The van der Waals surface area contributed by atoms with E-state index in [2.05, 4.69) is 16.5 Å². The van der Waals surface area contributed by atoms with E-state index in [1.165, 1.54) is 0 Å². The molecule has 0 atom stereocenters. The Kier molecular flexibility index (Phi) is 5.59. The third-order valence-corrected chi connectivity index (χ3v) is 7.83. The second-order valence-corrected chi connectivity index (χ2v) is 10.2. The Morgan fingerprint density at radius 2 is 0.837 bits per heavy atom. The van der Waals surface area contributed by atoms with E-state index in [-0.39, 0.29) is 17.1 Å². The molecule has 0 spiro atoms. The van der Waals surface area contributed by atoms with Crippen molar-refractivity contribution in [3.05, 3.63) is 103 Å². The van der Waals surface area contributed by atoms with E-state index in [0.29, 0.717) is 45.9 Å². The second kappa shape index (κ2) is 9.52. The van der Waals surface area contributed by atoms with Crippen LogP contribution in [0.4, 0.5) is 0 Å². The third kappa shape index (κ3) is 3.76. The number of fused-ring (bicyclic) bond motifs is 20. The van der Waals surface area contributed by atoms with Crippen LogP contribution >= 0.6 is 0 Å². The van der Waals surface area contributed by atoms with Gasteiger partial charge in [0.2, 0.25) is 0 Å². The van der Waals surface area contributed by atoms with Crippen LogP contribution in [0, 0.1) is 0 Å². The van der Waals surface area contributed by atoms with Gasteiger partial charge in [-0.15, -0.1) is 0 Å². The summed E-state index contributed by atoms with van der Waals surface area (Å²) in [5.41, 5.74) is 7.25. The molecule has 0 saturated carbocycles. The Hall–Kier alpha value is -5.50. The zero-order valence-corrected chi connectivity index (χ0v) is 23.4. The number of aromatic amines is 2. The number of hydrogen-bond acceptors (Lipinski definition) is 6. The van der Waals surface area contributed by atoms with Crippen molar-refractivity contribution in [3.8, 4) is 45.6 Å². The topological polar surface area (TPSA) is 109 Å². The summed E-state index contributed by atoms with van der Waals surface area (Å²) >= 11 is 0. The number of nitrogens with one attached hydrogen (secondary N) is 2. The SMILES string of the molecule is C=Cc1cccc2c3nc4nc(nc5[nH]c(nc6nc(nc([nH]3)c12)-c1ccccc1-6)c1ccccc51)-c1ccccc1-4.[Cu]. The van der Waals surface area contributed by atoms with E-state index in [1.807, 2.05) is 97.1 Å². The Labute approximate surface area is 255 Å². The Morgan fingerprint density at radius 3 is 1.33 bits per heavy atom. The number of benzene rings is 4. The fourth-order valence-corrected chi connectivity index (χ4v) is 5.89. The largest absolute Gasteiger partial charge is 0.324 e. The van der Waals surface area contributed by atoms with E-state index in [0.717, 1.165) is 49.4 Å². The maximum absolute atomic E-state index is 5.08. The summed E-state index contributed by atoms with van der Waals surface area (Å²) in [5, 5.41) is 3.73. The molecule has 207 valence electrons. The number of rotatable bonds is 1. The van der Waals surface area contributed by atoms with Gasteiger partial charge in [0.1, 0.15) is 22.6 Å². The average molecular weight is 604 g/mol. The fraction of sp³-hybridized carbons (Fsp3) is 0. The summed E-state index contributed by atoms with van der Waals surface area (Å²) in [4.78, 5) is 37.0. The van der Waals surface area contributed by atoms with Gasteiger partial charge in [0.25, 0.3) is 0 Å². The van der Waals surface area contributed by atoms with Crippen LogP contribution in [-0.4, -0.2) is 39.9 Å². The van der Waals surface area contributed by atoms with Gasteiger partial charge < -0.3 is 9.97 Å². The number of H-pyrrole nitrogens is 2. The van der Waals surface area contributed by atoms with Crippen molar-refractivity contribution in [2.75, 3.05) is 0 Å². The van der Waals surface area contributed by atoms with Gasteiger partial charge in [0.15, 0.2) is 23.3 Å². The minimum Gasteiger partial charge on any atom is -0.324 e. The first-order valence-corrected chi connectivity index (χ1v) is 13.6. The molecular formula is C34H20CuN8. The van der Waals surface area contributed by atoms with Crippen LogP contribution in [-0.2, 0) is 17.1 Å². The molecule has 2 aliphatic heterocycles. The van der Waals surface area contributed by atoms with Crippen molar-refractivity contribution in [2.45, 2.75) is 0 Å². The summed E-state index contributed by atoms with van der Waals surface area (Å²) in [5.74, 6) is 2.32. The van der Waals surface area contributed by atoms with E-state index < -0.39 is 0 Å². The Bertz CT molecular complexity index is 2450. The summed E-state index contributed by atoms with van der Waals surface area (Å²) in [6.07, 6.45) is 1.83. The molecule has 0 unspecified atom stereocenters. The van der Waals surface area contributed by atoms with Crippen molar-refractivity contribution in [2.24, 2.45) is 0 Å². The molecule has 0 fully saturated rings. The molecule has 0 saturated heterocycles. The van der Waals surface area contributed by atoms with Crippen LogP contribution in [0.15, 0.2) is 97.6 Å². The average Bonchev–Trinajstić information content (AvgIpc) is 3.76. The fourth-order valence-electron chi connectivity index (χ4n) is 5.89. The summed E-state index contributed by atoms with van der Waals surface area (Å²) < 4.78 is 0. The minimum absolute atomic E-state index is 0. The smallest absolute Gasteiger partial charge is 0.164 e. The third-order valence-electron chi connectivity index (χ3n) is 7.83. The molecule has 2 N–H and O–H groups in total. The summed E-state index contributed by atoms with van der Waals surface area (Å²) in [7, 11) is 0. The molecule has 1 radical (unpaired) electrons. The molecule has 4 aromatic carbocycles. The van der Waals surface area contributed by atoms with Crippen LogP contribution in [0.2, 0.25) is 0 Å². The summed E-state index contributed by atoms with van der Waals surface area (Å²) in [6.45, 7) is 4.05. The number of aromatic nitrogens is 8. The Morgan fingerprint density at radius 1 is 0.442 bits per heavy atom. The standard InChI is InChI=1S/C34H20N8.Cu/c1-2-18-10-9-17-25-26(18)34-41-32-24-16-8-7-15-23(24)30(39-32)37-28-20-12-4-3-11-19(20)27(35-28)36-29-21-13-5-6-14-22(21)31(38-29)40-33(25)42-34;/h2-17H,1H2,(H2,35,36,37,38,39,40,41,42);. The van der Waals surface area contributed by atoms with Crippen molar-refractivity contribution in [1.29, 1.82) is 0 Å². The van der Waals surface area contributed by atoms with E-state index in [1.54, 1.807) is 0 Å². The van der Waals surface area contributed by atoms with Gasteiger partial charge in [-0.25, -0.2) is 29.9 Å². The van der Waals surface area contributed by atoms with E-state index in [9.17, 15) is 0 Å². The van der Waals surface area contributed by atoms with Crippen molar-refractivity contribution in [3.63, 3.8) is 0 Å². The molecule has 0 aliphatic carbocycles. The van der Waals surface area contributed by atoms with Gasteiger partial charge in [-0.3, -0.25) is 0 Å². The molecule has 3 aromatic heterocycles. The first-order valence-electron chi connectivity index (χ1n) is 13.6. The van der Waals surface area contributed by atoms with Gasteiger partial charge in [-0.2, -0.15) is 0 Å². The van der Waals surface area contributed by atoms with Crippen molar-refractivity contribution >= 4 is 50.2 Å². The van der Waals surface area contributed by atoms with E-state index >= 15 is 0 Å². The van der Waals surface area contributed by atoms with Gasteiger partial charge in [-0.1, -0.05) is 104 Å². The number of hydrogen-bond donors (Lipinski definition) is 2. The van der Waals surface area contributed by atoms with Crippen LogP contribution in [0.3, 0.4) is 0 Å². The molecule has 9 rings (SSSR count). The predicted molar refractivity (Wildman–Crippen MR) is 166 cm³/mol. The molecule has 7 aromatic rings. The van der Waals surface area contributed by atoms with Gasteiger partial charge in [-0.05, 0) is 5.56 Å². The molecule has 2 aliphatic rings. The van der Waals surface area contributed by atoms with Crippen molar-refractivity contribution in [1.82, 2.24) is 39.9 Å². The van der Waals surface area contributed by atoms with Crippen LogP contribution in [0.25, 0.3) is 95.8 Å². The quantitative estimate of drug-likeness (QED) is 0.188. The zero-order chi connectivity index (χ0) is 27.8.